The Hall–Kier alpha value is -1.36. The molecule has 0 spiro atoms. The van der Waals surface area contributed by atoms with E-state index in [1.54, 1.807) is 0 Å². The first-order valence-corrected chi connectivity index (χ1v) is 5.63. The van der Waals surface area contributed by atoms with Crippen molar-refractivity contribution in [3.05, 3.63) is 18.0 Å². The highest BCUT2D eigenvalue weighted by Gasteiger charge is 2.07. The second-order valence-corrected chi connectivity index (χ2v) is 3.75. The maximum atomic E-state index is 10.3. The number of aliphatic carboxylic acids is 1. The van der Waals surface area contributed by atoms with Gasteiger partial charge in [-0.15, -0.1) is 0 Å². The number of carboxylic acids is 1. The topological polar surface area (TPSA) is 67.2 Å². The van der Waals surface area contributed by atoms with Crippen LogP contribution in [0, 0.1) is 0 Å². The zero-order valence-corrected chi connectivity index (χ0v) is 9.81. The Bertz CT molecular complexity index is 332. The van der Waals surface area contributed by atoms with Crippen LogP contribution in [-0.2, 0) is 11.3 Å². The lowest BCUT2D eigenvalue weighted by Gasteiger charge is -2.12. The Morgan fingerprint density at radius 3 is 2.81 bits per heavy atom. The van der Waals surface area contributed by atoms with Gasteiger partial charge in [-0.1, -0.05) is 13.8 Å². The Labute approximate surface area is 95.5 Å². The molecular weight excluding hydrogens is 206 g/mol. The molecule has 0 aromatic carbocycles. The van der Waals surface area contributed by atoms with Crippen LogP contribution in [0.5, 0.6) is 0 Å². The molecule has 1 rings (SSSR count). The van der Waals surface area contributed by atoms with E-state index in [-0.39, 0.29) is 6.54 Å². The summed E-state index contributed by atoms with van der Waals surface area (Å²) < 4.78 is 1.96. The third kappa shape index (κ3) is 3.66. The third-order valence-electron chi connectivity index (χ3n) is 2.56. The van der Waals surface area contributed by atoms with Crippen LogP contribution in [0.15, 0.2) is 12.3 Å². The summed E-state index contributed by atoms with van der Waals surface area (Å²) in [6, 6.07) is 2.36. The number of hydrogen-bond donors (Lipinski definition) is 2. The highest BCUT2D eigenvalue weighted by atomic mass is 16.4. The van der Waals surface area contributed by atoms with Crippen LogP contribution in [0.1, 0.15) is 38.4 Å². The van der Waals surface area contributed by atoms with E-state index in [0.29, 0.717) is 12.6 Å². The molecule has 0 fully saturated rings. The number of nitrogens with zero attached hydrogens (tertiary/aromatic N) is 2. The van der Waals surface area contributed by atoms with Gasteiger partial charge in [0.15, 0.2) is 0 Å². The molecule has 5 nitrogen and oxygen atoms in total. The predicted octanol–water partition coefficient (Wildman–Crippen LogP) is 1.42. The lowest BCUT2D eigenvalue weighted by atomic mass is 10.2. The number of aromatic nitrogens is 2. The minimum Gasteiger partial charge on any atom is -0.480 e. The summed E-state index contributed by atoms with van der Waals surface area (Å²) in [5.41, 5.74) is 0.883. The number of rotatable bonds is 7. The minimum absolute atomic E-state index is 0.0299. The van der Waals surface area contributed by atoms with Crippen molar-refractivity contribution in [2.75, 3.05) is 6.54 Å². The molecular formula is C11H19N3O2. The zero-order chi connectivity index (χ0) is 12.0. The minimum atomic E-state index is -0.848. The molecule has 0 aliphatic heterocycles. The number of hydrogen-bond acceptors (Lipinski definition) is 3. The van der Waals surface area contributed by atoms with Crippen LogP contribution in [0.3, 0.4) is 0 Å². The van der Waals surface area contributed by atoms with Crippen molar-refractivity contribution in [3.63, 3.8) is 0 Å². The van der Waals surface area contributed by atoms with Crippen LogP contribution in [0.25, 0.3) is 0 Å². The molecule has 0 aliphatic carbocycles. The van der Waals surface area contributed by atoms with Gasteiger partial charge < -0.3 is 10.4 Å². The summed E-state index contributed by atoms with van der Waals surface area (Å²) in [6.45, 7) is 4.74. The van der Waals surface area contributed by atoms with Gasteiger partial charge in [-0.05, 0) is 18.9 Å². The normalized spacial score (nSPS) is 10.9. The van der Waals surface area contributed by atoms with Gasteiger partial charge in [0.1, 0.15) is 0 Å². The first kappa shape index (κ1) is 12.7. The molecule has 0 bridgehead atoms. The quantitative estimate of drug-likeness (QED) is 0.736. The van der Waals surface area contributed by atoms with Crippen molar-refractivity contribution in [1.29, 1.82) is 0 Å². The summed E-state index contributed by atoms with van der Waals surface area (Å²) in [5, 5.41) is 15.7. The summed E-state index contributed by atoms with van der Waals surface area (Å²) in [6.07, 6.45) is 4.07. The maximum absolute atomic E-state index is 10.3. The molecule has 0 aliphatic rings. The van der Waals surface area contributed by atoms with E-state index in [1.165, 1.54) is 0 Å². The van der Waals surface area contributed by atoms with Gasteiger partial charge in [0.05, 0.1) is 18.3 Å². The molecule has 0 unspecified atom stereocenters. The van der Waals surface area contributed by atoms with E-state index >= 15 is 0 Å². The second-order valence-electron chi connectivity index (χ2n) is 3.75. The van der Waals surface area contributed by atoms with Crippen molar-refractivity contribution in [1.82, 2.24) is 15.1 Å². The van der Waals surface area contributed by atoms with Crippen molar-refractivity contribution in [2.45, 2.75) is 39.3 Å². The van der Waals surface area contributed by atoms with Gasteiger partial charge in [-0.2, -0.15) is 5.10 Å². The van der Waals surface area contributed by atoms with Gasteiger partial charge in [0.25, 0.3) is 0 Å². The molecule has 2 N–H and O–H groups in total. The third-order valence-corrected chi connectivity index (χ3v) is 2.56. The molecule has 1 aromatic rings. The molecule has 0 amide bonds. The first-order chi connectivity index (χ1) is 7.67. The van der Waals surface area contributed by atoms with Gasteiger partial charge in [0, 0.05) is 12.7 Å². The van der Waals surface area contributed by atoms with Crippen molar-refractivity contribution >= 4 is 5.97 Å². The van der Waals surface area contributed by atoms with Crippen LogP contribution < -0.4 is 5.32 Å². The Morgan fingerprint density at radius 1 is 1.56 bits per heavy atom. The van der Waals surface area contributed by atoms with Crippen molar-refractivity contribution in [3.8, 4) is 0 Å². The van der Waals surface area contributed by atoms with Gasteiger partial charge >= 0.3 is 5.97 Å². The molecule has 16 heavy (non-hydrogen) atoms. The zero-order valence-electron chi connectivity index (χ0n) is 9.81. The summed E-state index contributed by atoms with van der Waals surface area (Å²) in [7, 11) is 0. The lowest BCUT2D eigenvalue weighted by Crippen LogP contribution is -2.22. The maximum Gasteiger partial charge on any atom is 0.317 e. The number of carboxylic acid groups (broad SMARTS) is 1. The van der Waals surface area contributed by atoms with Crippen molar-refractivity contribution in [2.24, 2.45) is 0 Å². The molecule has 1 heterocycles. The highest BCUT2D eigenvalue weighted by Crippen LogP contribution is 2.14. The largest absolute Gasteiger partial charge is 0.480 e. The van der Waals surface area contributed by atoms with Gasteiger partial charge in [-0.3, -0.25) is 9.48 Å². The van der Waals surface area contributed by atoms with Gasteiger partial charge in [0.2, 0.25) is 0 Å². The van der Waals surface area contributed by atoms with Crippen LogP contribution in [0.2, 0.25) is 0 Å². The molecule has 0 radical (unpaired) electrons. The van der Waals surface area contributed by atoms with Crippen LogP contribution in [0.4, 0.5) is 0 Å². The first-order valence-electron chi connectivity index (χ1n) is 5.63. The van der Waals surface area contributed by atoms with Gasteiger partial charge in [-0.25, -0.2) is 0 Å². The standard InChI is InChI=1S/C11H19N3O2/c1-3-10(4-2)14-6-5-9(13-14)7-12-8-11(15)16/h5-6,10,12H,3-4,7-8H2,1-2H3,(H,15,16). The fraction of sp³-hybridized carbons (Fsp3) is 0.636. The predicted molar refractivity (Wildman–Crippen MR) is 61.2 cm³/mol. The Morgan fingerprint density at radius 2 is 2.25 bits per heavy atom. The van der Waals surface area contributed by atoms with Crippen LogP contribution in [-0.4, -0.2) is 27.4 Å². The molecule has 1 aromatic heterocycles. The SMILES string of the molecule is CCC(CC)n1ccc(CNCC(=O)O)n1. The second kappa shape index (κ2) is 6.27. The van der Waals surface area contributed by atoms with E-state index in [1.807, 2.05) is 16.9 Å². The average Bonchev–Trinajstić information content (AvgIpc) is 2.68. The monoisotopic (exact) mass is 225 g/mol. The Kier molecular flexibility index (Phi) is 4.98. The van der Waals surface area contributed by atoms with E-state index < -0.39 is 5.97 Å². The molecule has 0 saturated heterocycles. The van der Waals surface area contributed by atoms with Crippen molar-refractivity contribution < 1.29 is 9.90 Å². The molecule has 0 atom stereocenters. The summed E-state index contributed by atoms with van der Waals surface area (Å²) in [5.74, 6) is -0.848. The van der Waals surface area contributed by atoms with E-state index in [4.69, 9.17) is 5.11 Å². The highest BCUT2D eigenvalue weighted by molar-refractivity contribution is 5.68. The van der Waals surface area contributed by atoms with E-state index in [0.717, 1.165) is 18.5 Å². The molecule has 0 saturated carbocycles. The average molecular weight is 225 g/mol. The summed E-state index contributed by atoms with van der Waals surface area (Å²) >= 11 is 0. The number of nitrogens with one attached hydrogen (secondary N) is 1. The van der Waals surface area contributed by atoms with E-state index in [9.17, 15) is 4.79 Å². The van der Waals surface area contributed by atoms with Crippen LogP contribution >= 0.6 is 0 Å². The molecule has 90 valence electrons. The molecule has 5 heteroatoms. The lowest BCUT2D eigenvalue weighted by molar-refractivity contribution is -0.135. The number of carbonyl (C=O) groups is 1. The summed E-state index contributed by atoms with van der Waals surface area (Å²) in [4.78, 5) is 10.3. The Balaban J connectivity index is 2.47. The fourth-order valence-corrected chi connectivity index (χ4v) is 1.64. The fourth-order valence-electron chi connectivity index (χ4n) is 1.64. The smallest absolute Gasteiger partial charge is 0.317 e. The van der Waals surface area contributed by atoms with E-state index in [2.05, 4.69) is 24.3 Å².